The molecule has 0 saturated carbocycles. The van der Waals surface area contributed by atoms with E-state index in [0.29, 0.717) is 31.8 Å². The van der Waals surface area contributed by atoms with Crippen molar-refractivity contribution >= 4 is 5.97 Å². The summed E-state index contributed by atoms with van der Waals surface area (Å²) in [4.78, 5) is 11.2. The minimum atomic E-state index is -0.263. The van der Waals surface area contributed by atoms with Crippen molar-refractivity contribution in [3.8, 4) is 0 Å². The molecule has 2 aliphatic rings. The van der Waals surface area contributed by atoms with Crippen LogP contribution in [0.5, 0.6) is 0 Å². The van der Waals surface area contributed by atoms with E-state index in [1.165, 1.54) is 6.26 Å². The summed E-state index contributed by atoms with van der Waals surface area (Å²) in [7, 11) is 0. The Kier molecular flexibility index (Phi) is 1.99. The highest BCUT2D eigenvalue weighted by molar-refractivity contribution is 5.88. The lowest BCUT2D eigenvalue weighted by Gasteiger charge is -2.25. The third-order valence-electron chi connectivity index (χ3n) is 1.86. The van der Waals surface area contributed by atoms with E-state index in [4.69, 9.17) is 14.2 Å². The minimum absolute atomic E-state index is 0.0426. The van der Waals surface area contributed by atoms with Crippen LogP contribution in [0.2, 0.25) is 0 Å². The average Bonchev–Trinajstić information content (AvgIpc) is 2.47. The molecule has 4 nitrogen and oxygen atoms in total. The predicted molar refractivity (Wildman–Crippen MR) is 39.4 cm³/mol. The van der Waals surface area contributed by atoms with Crippen molar-refractivity contribution in [2.75, 3.05) is 19.8 Å². The van der Waals surface area contributed by atoms with Gasteiger partial charge < -0.3 is 14.2 Å². The molecule has 0 amide bonds. The third-order valence-corrected chi connectivity index (χ3v) is 1.86. The molecule has 4 heteroatoms. The quantitative estimate of drug-likeness (QED) is 0.556. The summed E-state index contributed by atoms with van der Waals surface area (Å²) in [6.45, 7) is 1.64. The molecule has 0 spiro atoms. The summed E-state index contributed by atoms with van der Waals surface area (Å²) < 4.78 is 14.8. The SMILES string of the molecule is O=C(OC1COC1)C1=COCC1. The number of ether oxygens (including phenoxy) is 3. The molecule has 0 atom stereocenters. The lowest BCUT2D eigenvalue weighted by atomic mass is 10.2. The van der Waals surface area contributed by atoms with Crippen molar-refractivity contribution < 1.29 is 19.0 Å². The second-order valence-corrected chi connectivity index (χ2v) is 2.83. The third kappa shape index (κ3) is 1.43. The summed E-state index contributed by atoms with van der Waals surface area (Å²) in [5.41, 5.74) is 0.627. The van der Waals surface area contributed by atoms with Gasteiger partial charge in [-0.15, -0.1) is 0 Å². The van der Waals surface area contributed by atoms with Gasteiger partial charge in [-0.2, -0.15) is 0 Å². The number of hydrogen-bond acceptors (Lipinski definition) is 4. The molecule has 2 rings (SSSR count). The smallest absolute Gasteiger partial charge is 0.337 e. The van der Waals surface area contributed by atoms with E-state index in [2.05, 4.69) is 0 Å². The maximum absolute atomic E-state index is 11.2. The first kappa shape index (κ1) is 7.61. The van der Waals surface area contributed by atoms with Gasteiger partial charge in [0.2, 0.25) is 0 Å². The van der Waals surface area contributed by atoms with E-state index in [0.717, 1.165) is 0 Å². The Bertz CT molecular complexity index is 217. The highest BCUT2D eigenvalue weighted by Gasteiger charge is 2.25. The molecular weight excluding hydrogens is 160 g/mol. The van der Waals surface area contributed by atoms with E-state index in [-0.39, 0.29) is 12.1 Å². The van der Waals surface area contributed by atoms with Gasteiger partial charge in [-0.05, 0) is 0 Å². The van der Waals surface area contributed by atoms with Crippen LogP contribution in [0.3, 0.4) is 0 Å². The van der Waals surface area contributed by atoms with Crippen molar-refractivity contribution in [2.24, 2.45) is 0 Å². The summed E-state index contributed by atoms with van der Waals surface area (Å²) in [5, 5.41) is 0. The van der Waals surface area contributed by atoms with Gasteiger partial charge in [0.25, 0.3) is 0 Å². The van der Waals surface area contributed by atoms with Crippen LogP contribution in [-0.4, -0.2) is 31.9 Å². The molecule has 0 aromatic carbocycles. The van der Waals surface area contributed by atoms with Crippen LogP contribution >= 0.6 is 0 Å². The molecule has 1 fully saturated rings. The van der Waals surface area contributed by atoms with Gasteiger partial charge in [0.05, 0.1) is 31.7 Å². The van der Waals surface area contributed by atoms with Crippen molar-refractivity contribution in [3.05, 3.63) is 11.8 Å². The number of carbonyl (C=O) groups excluding carboxylic acids is 1. The Balaban J connectivity index is 1.82. The highest BCUT2D eigenvalue weighted by atomic mass is 16.6. The molecule has 66 valence electrons. The fraction of sp³-hybridized carbons (Fsp3) is 0.625. The van der Waals surface area contributed by atoms with Crippen LogP contribution in [0.1, 0.15) is 6.42 Å². The van der Waals surface area contributed by atoms with Crippen LogP contribution in [0, 0.1) is 0 Å². The molecule has 0 aliphatic carbocycles. The molecule has 1 saturated heterocycles. The highest BCUT2D eigenvalue weighted by Crippen LogP contribution is 2.15. The Morgan fingerprint density at radius 2 is 2.42 bits per heavy atom. The van der Waals surface area contributed by atoms with Gasteiger partial charge in [-0.3, -0.25) is 0 Å². The first-order valence-electron chi connectivity index (χ1n) is 3.95. The second-order valence-electron chi connectivity index (χ2n) is 2.83. The van der Waals surface area contributed by atoms with Gasteiger partial charge in [0.15, 0.2) is 0 Å². The van der Waals surface area contributed by atoms with Crippen LogP contribution in [0.4, 0.5) is 0 Å². The maximum Gasteiger partial charge on any atom is 0.337 e. The molecule has 2 aliphatic heterocycles. The zero-order valence-electron chi connectivity index (χ0n) is 6.62. The molecular formula is C8H10O4. The van der Waals surface area contributed by atoms with Gasteiger partial charge in [0, 0.05) is 6.42 Å². The molecule has 0 radical (unpaired) electrons. The van der Waals surface area contributed by atoms with E-state index >= 15 is 0 Å². The minimum Gasteiger partial charge on any atom is -0.500 e. The van der Waals surface area contributed by atoms with E-state index in [1.807, 2.05) is 0 Å². The topological polar surface area (TPSA) is 44.8 Å². The van der Waals surface area contributed by atoms with Gasteiger partial charge in [-0.25, -0.2) is 4.79 Å². The lowest BCUT2D eigenvalue weighted by Crippen LogP contribution is -2.38. The summed E-state index contributed by atoms with van der Waals surface area (Å²) in [5.74, 6) is -0.263. The largest absolute Gasteiger partial charge is 0.500 e. The number of carbonyl (C=O) groups is 1. The Morgan fingerprint density at radius 3 is 2.92 bits per heavy atom. The summed E-state index contributed by atoms with van der Waals surface area (Å²) >= 11 is 0. The van der Waals surface area contributed by atoms with Crippen molar-refractivity contribution in [1.82, 2.24) is 0 Å². The van der Waals surface area contributed by atoms with E-state index < -0.39 is 0 Å². The average molecular weight is 170 g/mol. The molecule has 0 bridgehead atoms. The molecule has 2 heterocycles. The fourth-order valence-corrected chi connectivity index (χ4v) is 1.05. The number of rotatable bonds is 2. The normalized spacial score (nSPS) is 22.5. The molecule has 0 aromatic rings. The first-order valence-corrected chi connectivity index (χ1v) is 3.95. The lowest BCUT2D eigenvalue weighted by molar-refractivity contribution is -0.167. The monoisotopic (exact) mass is 170 g/mol. The van der Waals surface area contributed by atoms with Crippen LogP contribution in [0.15, 0.2) is 11.8 Å². The fourth-order valence-electron chi connectivity index (χ4n) is 1.05. The van der Waals surface area contributed by atoms with Crippen LogP contribution < -0.4 is 0 Å². The predicted octanol–water partition coefficient (Wildman–Crippen LogP) is 0.233. The zero-order valence-corrected chi connectivity index (χ0v) is 6.62. The van der Waals surface area contributed by atoms with Gasteiger partial charge in [-0.1, -0.05) is 0 Å². The van der Waals surface area contributed by atoms with Crippen LogP contribution in [0.25, 0.3) is 0 Å². The van der Waals surface area contributed by atoms with Gasteiger partial charge in [0.1, 0.15) is 6.10 Å². The van der Waals surface area contributed by atoms with Crippen molar-refractivity contribution in [3.63, 3.8) is 0 Å². The Labute approximate surface area is 70.1 Å². The summed E-state index contributed by atoms with van der Waals surface area (Å²) in [6, 6.07) is 0. The van der Waals surface area contributed by atoms with Crippen molar-refractivity contribution in [2.45, 2.75) is 12.5 Å². The Hall–Kier alpha value is -1.03. The standard InChI is InChI=1S/C8H10O4/c9-8(6-1-2-10-3-6)12-7-4-11-5-7/h3,7H,1-2,4-5H2. The zero-order chi connectivity index (χ0) is 8.39. The van der Waals surface area contributed by atoms with E-state index in [1.54, 1.807) is 0 Å². The van der Waals surface area contributed by atoms with Crippen molar-refractivity contribution in [1.29, 1.82) is 0 Å². The second kappa shape index (κ2) is 3.15. The molecule has 12 heavy (non-hydrogen) atoms. The maximum atomic E-state index is 11.2. The van der Waals surface area contributed by atoms with Gasteiger partial charge >= 0.3 is 5.97 Å². The molecule has 0 N–H and O–H groups in total. The summed E-state index contributed by atoms with van der Waals surface area (Å²) in [6.07, 6.45) is 2.09. The number of esters is 1. The molecule has 0 unspecified atom stereocenters. The van der Waals surface area contributed by atoms with E-state index in [9.17, 15) is 4.79 Å². The molecule has 0 aromatic heterocycles. The Morgan fingerprint density at radius 1 is 1.58 bits per heavy atom. The van der Waals surface area contributed by atoms with Crippen LogP contribution in [-0.2, 0) is 19.0 Å². The first-order chi connectivity index (χ1) is 5.86. The number of hydrogen-bond donors (Lipinski definition) is 0.